The summed E-state index contributed by atoms with van der Waals surface area (Å²) in [6.07, 6.45) is 4.58. The van der Waals surface area contributed by atoms with Gasteiger partial charge in [0.25, 0.3) is 5.91 Å². The summed E-state index contributed by atoms with van der Waals surface area (Å²) in [6, 6.07) is -0.655. The smallest absolute Gasteiger partial charge is 0.405 e. The Morgan fingerprint density at radius 1 is 1.26 bits per heavy atom. The van der Waals surface area contributed by atoms with Gasteiger partial charge in [0, 0.05) is 37.6 Å². The van der Waals surface area contributed by atoms with Crippen LogP contribution in [0.5, 0.6) is 0 Å². The van der Waals surface area contributed by atoms with Crippen molar-refractivity contribution in [3.05, 3.63) is 11.9 Å². The van der Waals surface area contributed by atoms with Crippen LogP contribution in [0.2, 0.25) is 0 Å². The maximum Gasteiger partial charge on any atom is 0.405 e. The lowest BCUT2D eigenvalue weighted by atomic mass is 9.87. The average molecular weight is 454 g/mol. The molecule has 10 heteroatoms. The zero-order valence-electron chi connectivity index (χ0n) is 19.1. The van der Waals surface area contributed by atoms with Gasteiger partial charge in [-0.3, -0.25) is 9.59 Å². The van der Waals surface area contributed by atoms with Crippen molar-refractivity contribution in [3.63, 3.8) is 0 Å². The van der Waals surface area contributed by atoms with Gasteiger partial charge in [-0.2, -0.15) is 11.8 Å². The number of carbonyl (C=O) groups excluding carboxylic acids is 2. The van der Waals surface area contributed by atoms with Gasteiger partial charge in [0.1, 0.15) is 11.7 Å². The highest BCUT2D eigenvalue weighted by Gasteiger charge is 2.42. The minimum Gasteiger partial charge on any atom is -0.465 e. The van der Waals surface area contributed by atoms with E-state index in [0.29, 0.717) is 39.0 Å². The molecule has 0 saturated carbocycles. The molecule has 0 bridgehead atoms. The Bertz CT molecular complexity index is 745. The van der Waals surface area contributed by atoms with E-state index in [4.69, 9.17) is 0 Å². The predicted molar refractivity (Wildman–Crippen MR) is 120 cm³/mol. The predicted octanol–water partition coefficient (Wildman–Crippen LogP) is 1.63. The average Bonchev–Trinajstić information content (AvgIpc) is 3.20. The highest BCUT2D eigenvalue weighted by atomic mass is 32.2. The first kappa shape index (κ1) is 23.6. The first-order valence-corrected chi connectivity index (χ1v) is 12.1. The molecule has 1 unspecified atom stereocenters. The topological polar surface area (TPSA) is 96.4 Å². The Kier molecular flexibility index (Phi) is 6.98. The number of thioether (sulfide) groups is 1. The molecule has 31 heavy (non-hydrogen) atoms. The van der Waals surface area contributed by atoms with Gasteiger partial charge < -0.3 is 30.0 Å². The maximum atomic E-state index is 13.2. The number of amides is 3. The quantitative estimate of drug-likeness (QED) is 0.631. The number of nitrogens with one attached hydrogen (secondary N) is 1. The largest absolute Gasteiger partial charge is 0.465 e. The second kappa shape index (κ2) is 9.18. The molecule has 0 aromatic carbocycles. The third-order valence-electron chi connectivity index (χ3n) is 6.39. The van der Waals surface area contributed by atoms with Gasteiger partial charge in [-0.25, -0.2) is 4.79 Å². The molecule has 9 nitrogen and oxygen atoms in total. The normalized spacial score (nSPS) is 21.8. The lowest BCUT2D eigenvalue weighted by Gasteiger charge is -2.39. The molecule has 3 heterocycles. The standard InChI is InChI=1S/C21H35N5O4S/c1-21(2,3)17(31-5)10-15(22-20(29)30)18(27)24-8-6-14(7-9-24)26-13-25-12-23(4)11-16(25)19(26)28/h11,14-15,17,22H,6-10,12-13H2,1-5H3,(H,29,30)/t15-,17?/m1/s1. The molecule has 0 spiro atoms. The van der Waals surface area contributed by atoms with Crippen LogP contribution in [0.1, 0.15) is 40.0 Å². The van der Waals surface area contributed by atoms with Gasteiger partial charge in [0.05, 0.1) is 13.3 Å². The summed E-state index contributed by atoms with van der Waals surface area (Å²) in [5.41, 5.74) is 0.703. The summed E-state index contributed by atoms with van der Waals surface area (Å²) in [7, 11) is 1.95. The van der Waals surface area contributed by atoms with Crippen molar-refractivity contribution in [2.24, 2.45) is 5.41 Å². The van der Waals surface area contributed by atoms with Crippen molar-refractivity contribution in [1.29, 1.82) is 0 Å². The molecule has 3 rings (SSSR count). The summed E-state index contributed by atoms with van der Waals surface area (Å²) in [5.74, 6) is -0.102. The van der Waals surface area contributed by atoms with Gasteiger partial charge in [0.2, 0.25) is 5.91 Å². The van der Waals surface area contributed by atoms with Gasteiger partial charge in [0.15, 0.2) is 0 Å². The van der Waals surface area contributed by atoms with Gasteiger partial charge >= 0.3 is 6.09 Å². The van der Waals surface area contributed by atoms with Crippen LogP contribution in [-0.2, 0) is 9.59 Å². The van der Waals surface area contributed by atoms with Crippen molar-refractivity contribution < 1.29 is 19.5 Å². The highest BCUT2D eigenvalue weighted by molar-refractivity contribution is 7.99. The third kappa shape index (κ3) is 5.22. The van der Waals surface area contributed by atoms with E-state index in [0.717, 1.165) is 12.4 Å². The minimum atomic E-state index is -1.18. The summed E-state index contributed by atoms with van der Waals surface area (Å²) in [4.78, 5) is 45.0. The fourth-order valence-corrected chi connectivity index (χ4v) is 5.76. The van der Waals surface area contributed by atoms with Crippen LogP contribution in [0, 0.1) is 5.41 Å². The van der Waals surface area contributed by atoms with Crippen molar-refractivity contribution in [1.82, 2.24) is 24.9 Å². The molecule has 2 saturated heterocycles. The fraction of sp³-hybridized carbons (Fsp3) is 0.762. The zero-order valence-corrected chi connectivity index (χ0v) is 19.9. The van der Waals surface area contributed by atoms with Gasteiger partial charge in [-0.1, -0.05) is 20.8 Å². The van der Waals surface area contributed by atoms with E-state index in [1.807, 2.05) is 29.3 Å². The van der Waals surface area contributed by atoms with Crippen LogP contribution in [0.15, 0.2) is 11.9 Å². The number of nitrogens with zero attached hydrogens (tertiary/aromatic N) is 4. The Morgan fingerprint density at radius 2 is 1.90 bits per heavy atom. The Hall–Kier alpha value is -2.10. The monoisotopic (exact) mass is 453 g/mol. The molecule has 2 atom stereocenters. The number of carbonyl (C=O) groups is 3. The molecule has 2 fully saturated rings. The minimum absolute atomic E-state index is 0.0443. The number of rotatable bonds is 6. The summed E-state index contributed by atoms with van der Waals surface area (Å²) in [6.45, 7) is 8.70. The van der Waals surface area contributed by atoms with Crippen molar-refractivity contribution in [3.8, 4) is 0 Å². The van der Waals surface area contributed by atoms with E-state index in [1.165, 1.54) is 0 Å². The molecule has 0 aromatic heterocycles. The summed E-state index contributed by atoms with van der Waals surface area (Å²) in [5, 5.41) is 11.9. The first-order chi connectivity index (χ1) is 14.5. The molecule has 174 valence electrons. The molecule has 0 radical (unpaired) electrons. The van der Waals surface area contributed by atoms with Crippen LogP contribution >= 0.6 is 11.8 Å². The molecule has 3 aliphatic rings. The first-order valence-electron chi connectivity index (χ1n) is 10.8. The number of hydrogen-bond acceptors (Lipinski definition) is 6. The maximum absolute atomic E-state index is 13.2. The van der Waals surface area contributed by atoms with Crippen molar-refractivity contribution in [2.75, 3.05) is 39.7 Å². The van der Waals surface area contributed by atoms with E-state index in [1.54, 1.807) is 16.7 Å². The molecular formula is C21H35N5O4S. The number of piperidine rings is 1. The van der Waals surface area contributed by atoms with Crippen LogP contribution in [-0.4, -0.2) is 99.7 Å². The van der Waals surface area contributed by atoms with Gasteiger partial charge in [-0.15, -0.1) is 0 Å². The Balaban J connectivity index is 1.60. The summed E-state index contributed by atoms with van der Waals surface area (Å²) >= 11 is 1.66. The fourth-order valence-electron chi connectivity index (χ4n) is 4.67. The van der Waals surface area contributed by atoms with E-state index < -0.39 is 12.1 Å². The molecule has 3 amide bonds. The third-order valence-corrected chi connectivity index (χ3v) is 7.86. The van der Waals surface area contributed by atoms with Gasteiger partial charge in [-0.05, 0) is 30.9 Å². The molecule has 3 aliphatic heterocycles. The van der Waals surface area contributed by atoms with E-state index in [2.05, 4.69) is 31.0 Å². The number of hydrogen-bond donors (Lipinski definition) is 2. The summed E-state index contributed by atoms with van der Waals surface area (Å²) < 4.78 is 0. The van der Waals surface area contributed by atoms with Crippen LogP contribution < -0.4 is 5.32 Å². The molecule has 0 aliphatic carbocycles. The molecular weight excluding hydrogens is 418 g/mol. The lowest BCUT2D eigenvalue weighted by molar-refractivity contribution is -0.136. The van der Waals surface area contributed by atoms with E-state index in [9.17, 15) is 19.5 Å². The van der Waals surface area contributed by atoms with Crippen molar-refractivity contribution >= 4 is 29.7 Å². The Morgan fingerprint density at radius 3 is 2.42 bits per heavy atom. The van der Waals surface area contributed by atoms with Crippen LogP contribution in [0.3, 0.4) is 0 Å². The molecule has 2 N–H and O–H groups in total. The zero-order chi connectivity index (χ0) is 22.9. The second-order valence-corrected chi connectivity index (χ2v) is 10.8. The lowest BCUT2D eigenvalue weighted by Crippen LogP contribution is -2.54. The number of fused-ring (bicyclic) bond motifs is 1. The SMILES string of the molecule is CSC(C[C@@H](NC(=O)O)C(=O)N1CCC(N2CN3CN(C)C=C3C2=O)CC1)C(C)(C)C. The van der Waals surface area contributed by atoms with E-state index >= 15 is 0 Å². The number of carboxylic acid groups (broad SMARTS) is 1. The molecule has 0 aromatic rings. The van der Waals surface area contributed by atoms with Crippen molar-refractivity contribution in [2.45, 2.75) is 57.4 Å². The van der Waals surface area contributed by atoms with Crippen LogP contribution in [0.25, 0.3) is 0 Å². The number of likely N-dealkylation sites (tertiary alicyclic amines) is 1. The van der Waals surface area contributed by atoms with E-state index in [-0.39, 0.29) is 28.5 Å². The second-order valence-electron chi connectivity index (χ2n) is 9.75. The van der Waals surface area contributed by atoms with Crippen LogP contribution in [0.4, 0.5) is 4.79 Å². The highest BCUT2D eigenvalue weighted by Crippen LogP contribution is 2.33. The Labute approximate surface area is 188 Å².